The molecule has 6 heteroatoms. The molecule has 2 amide bonds. The van der Waals surface area contributed by atoms with Crippen molar-refractivity contribution in [1.82, 2.24) is 4.90 Å². The highest BCUT2D eigenvalue weighted by Gasteiger charge is 2.19. The topological polar surface area (TPSA) is 67.9 Å². The van der Waals surface area contributed by atoms with E-state index in [4.69, 9.17) is 9.47 Å². The number of methoxy groups -OCH3 is 1. The van der Waals surface area contributed by atoms with Crippen LogP contribution in [0.25, 0.3) is 0 Å². The number of benzene rings is 1. The lowest BCUT2D eigenvalue weighted by Gasteiger charge is -2.24. The van der Waals surface area contributed by atoms with Crippen molar-refractivity contribution < 1.29 is 19.1 Å². The van der Waals surface area contributed by atoms with Crippen LogP contribution < -0.4 is 5.32 Å². The summed E-state index contributed by atoms with van der Waals surface area (Å²) in [5, 5.41) is 2.85. The maximum absolute atomic E-state index is 12.0. The van der Waals surface area contributed by atoms with E-state index in [2.05, 4.69) is 5.32 Å². The fourth-order valence-electron chi connectivity index (χ4n) is 2.03. The summed E-state index contributed by atoms with van der Waals surface area (Å²) in [5.41, 5.74) is 1.11. The Hall–Kier alpha value is -2.08. The van der Waals surface area contributed by atoms with Gasteiger partial charge in [-0.15, -0.1) is 0 Å². The largest absolute Gasteiger partial charge is 0.444 e. The monoisotopic (exact) mass is 336 g/mol. The summed E-state index contributed by atoms with van der Waals surface area (Å²) in [4.78, 5) is 25.3. The summed E-state index contributed by atoms with van der Waals surface area (Å²) in [6, 6.07) is 7.44. The molecule has 0 heterocycles. The smallest absolute Gasteiger partial charge is 0.410 e. The molecule has 0 radical (unpaired) electrons. The summed E-state index contributed by atoms with van der Waals surface area (Å²) in [6.07, 6.45) is 0.718. The Bertz CT molecular complexity index is 552. The number of amides is 2. The van der Waals surface area contributed by atoms with Gasteiger partial charge in [-0.1, -0.05) is 12.1 Å². The van der Waals surface area contributed by atoms with Gasteiger partial charge in [0.1, 0.15) is 5.60 Å². The number of hydrogen-bond donors (Lipinski definition) is 1. The summed E-state index contributed by atoms with van der Waals surface area (Å²) < 4.78 is 10.3. The number of carbonyl (C=O) groups excluding carboxylic acids is 2. The van der Waals surface area contributed by atoms with Gasteiger partial charge in [-0.2, -0.15) is 0 Å². The molecule has 0 saturated heterocycles. The zero-order chi connectivity index (χ0) is 18.2. The maximum atomic E-state index is 12.0. The van der Waals surface area contributed by atoms with Gasteiger partial charge in [0.2, 0.25) is 5.91 Å². The summed E-state index contributed by atoms with van der Waals surface area (Å²) in [6.45, 7) is 6.46. The average Bonchev–Trinajstić information content (AvgIpc) is 2.46. The molecular weight excluding hydrogens is 308 g/mol. The van der Waals surface area contributed by atoms with Gasteiger partial charge in [0.25, 0.3) is 0 Å². The minimum absolute atomic E-state index is 0.0512. The van der Waals surface area contributed by atoms with Crippen molar-refractivity contribution in [3.05, 3.63) is 29.8 Å². The Balaban J connectivity index is 2.58. The number of carbonyl (C=O) groups is 2. The first-order valence-electron chi connectivity index (χ1n) is 8.03. The Labute approximate surface area is 144 Å². The number of anilines is 1. The van der Waals surface area contributed by atoms with E-state index >= 15 is 0 Å². The Morgan fingerprint density at radius 3 is 2.58 bits per heavy atom. The highest BCUT2D eigenvalue weighted by atomic mass is 16.6. The highest BCUT2D eigenvalue weighted by Crippen LogP contribution is 2.15. The molecule has 0 saturated carbocycles. The van der Waals surface area contributed by atoms with Crippen LogP contribution in [-0.4, -0.2) is 43.3 Å². The average molecular weight is 336 g/mol. The fourth-order valence-corrected chi connectivity index (χ4v) is 2.03. The zero-order valence-electron chi connectivity index (χ0n) is 15.2. The molecular formula is C18H28N2O4. The van der Waals surface area contributed by atoms with Crippen LogP contribution in [0.5, 0.6) is 0 Å². The van der Waals surface area contributed by atoms with Gasteiger partial charge in [0, 0.05) is 39.4 Å². The first-order chi connectivity index (χ1) is 11.2. The van der Waals surface area contributed by atoms with Gasteiger partial charge < -0.3 is 19.7 Å². The molecule has 0 aliphatic heterocycles. The van der Waals surface area contributed by atoms with Crippen molar-refractivity contribution in [3.63, 3.8) is 0 Å². The third-order valence-corrected chi connectivity index (χ3v) is 3.09. The Morgan fingerprint density at radius 2 is 1.96 bits per heavy atom. The summed E-state index contributed by atoms with van der Waals surface area (Å²) >= 11 is 0. The maximum Gasteiger partial charge on any atom is 0.410 e. The summed E-state index contributed by atoms with van der Waals surface area (Å²) in [7, 11) is 3.30. The molecule has 1 aromatic carbocycles. The molecule has 0 atom stereocenters. The van der Waals surface area contributed by atoms with Gasteiger partial charge in [0.15, 0.2) is 0 Å². The Kier molecular flexibility index (Phi) is 7.71. The molecule has 0 bridgehead atoms. The van der Waals surface area contributed by atoms with Gasteiger partial charge >= 0.3 is 6.09 Å². The van der Waals surface area contributed by atoms with E-state index in [9.17, 15) is 9.59 Å². The van der Waals surface area contributed by atoms with Crippen LogP contribution in [0.3, 0.4) is 0 Å². The zero-order valence-corrected chi connectivity index (χ0v) is 15.2. The van der Waals surface area contributed by atoms with Gasteiger partial charge in [-0.05, 0) is 44.9 Å². The molecule has 24 heavy (non-hydrogen) atoms. The number of nitrogens with one attached hydrogen (secondary N) is 1. The number of hydrogen-bond acceptors (Lipinski definition) is 4. The third-order valence-electron chi connectivity index (χ3n) is 3.09. The molecule has 0 fully saturated rings. The van der Waals surface area contributed by atoms with Crippen molar-refractivity contribution in [2.24, 2.45) is 0 Å². The van der Waals surface area contributed by atoms with Crippen molar-refractivity contribution in [3.8, 4) is 0 Å². The second-order valence-corrected chi connectivity index (χ2v) is 6.68. The van der Waals surface area contributed by atoms with E-state index in [1.165, 1.54) is 4.90 Å². The SMILES string of the molecule is COCCCC(=O)Nc1cccc(CN(C)C(=O)OC(C)(C)C)c1. The van der Waals surface area contributed by atoms with Crippen LogP contribution in [0, 0.1) is 0 Å². The molecule has 1 aromatic rings. The van der Waals surface area contributed by atoms with Gasteiger partial charge in [-0.25, -0.2) is 4.79 Å². The molecule has 6 nitrogen and oxygen atoms in total. The fraction of sp³-hybridized carbons (Fsp3) is 0.556. The van der Waals surface area contributed by atoms with E-state index in [-0.39, 0.29) is 12.0 Å². The van der Waals surface area contributed by atoms with Crippen LogP contribution in [-0.2, 0) is 20.8 Å². The lowest BCUT2D eigenvalue weighted by molar-refractivity contribution is -0.116. The van der Waals surface area contributed by atoms with Crippen molar-refractivity contribution in [1.29, 1.82) is 0 Å². The quantitative estimate of drug-likeness (QED) is 0.775. The lowest BCUT2D eigenvalue weighted by atomic mass is 10.2. The van der Waals surface area contributed by atoms with Crippen LogP contribution >= 0.6 is 0 Å². The molecule has 0 spiro atoms. The van der Waals surface area contributed by atoms with E-state index in [1.807, 2.05) is 45.0 Å². The first-order valence-corrected chi connectivity index (χ1v) is 8.03. The van der Waals surface area contributed by atoms with Crippen molar-refractivity contribution in [2.75, 3.05) is 26.1 Å². The predicted molar refractivity (Wildman–Crippen MR) is 93.9 cm³/mol. The lowest BCUT2D eigenvalue weighted by Crippen LogP contribution is -2.33. The predicted octanol–water partition coefficient (Wildman–Crippen LogP) is 3.42. The molecule has 134 valence electrons. The molecule has 0 aromatic heterocycles. The number of nitrogens with zero attached hydrogens (tertiary/aromatic N) is 1. The minimum Gasteiger partial charge on any atom is -0.444 e. The number of rotatable bonds is 7. The normalized spacial score (nSPS) is 11.0. The van der Waals surface area contributed by atoms with E-state index in [0.717, 1.165) is 5.56 Å². The third kappa shape index (κ3) is 7.97. The summed E-state index contributed by atoms with van der Waals surface area (Å²) in [5.74, 6) is -0.0512. The van der Waals surface area contributed by atoms with Crippen molar-refractivity contribution >= 4 is 17.7 Å². The molecule has 1 N–H and O–H groups in total. The second-order valence-electron chi connectivity index (χ2n) is 6.68. The minimum atomic E-state index is -0.524. The highest BCUT2D eigenvalue weighted by molar-refractivity contribution is 5.90. The first kappa shape index (κ1) is 20.0. The van der Waals surface area contributed by atoms with Crippen LogP contribution in [0.4, 0.5) is 10.5 Å². The van der Waals surface area contributed by atoms with Crippen LogP contribution in [0.1, 0.15) is 39.2 Å². The van der Waals surface area contributed by atoms with E-state index in [1.54, 1.807) is 14.2 Å². The molecule has 0 unspecified atom stereocenters. The van der Waals surface area contributed by atoms with Gasteiger partial charge in [0.05, 0.1) is 0 Å². The standard InChI is InChI=1S/C18H28N2O4/c1-18(2,3)24-17(22)20(4)13-14-8-6-9-15(12-14)19-16(21)10-7-11-23-5/h6,8-9,12H,7,10-11,13H2,1-5H3,(H,19,21). The van der Waals surface area contributed by atoms with Crippen molar-refractivity contribution in [2.45, 2.75) is 45.8 Å². The van der Waals surface area contributed by atoms with E-state index in [0.29, 0.717) is 31.7 Å². The van der Waals surface area contributed by atoms with Gasteiger partial charge in [-0.3, -0.25) is 4.79 Å². The number of ether oxygens (including phenoxy) is 2. The van der Waals surface area contributed by atoms with Crippen LogP contribution in [0.15, 0.2) is 24.3 Å². The van der Waals surface area contributed by atoms with Crippen LogP contribution in [0.2, 0.25) is 0 Å². The molecule has 0 aliphatic rings. The van der Waals surface area contributed by atoms with E-state index < -0.39 is 5.60 Å². The molecule has 0 aliphatic carbocycles. The molecule has 1 rings (SSSR count). The Morgan fingerprint density at radius 1 is 1.25 bits per heavy atom. The second kappa shape index (κ2) is 9.27.